The molecule has 1 aromatic carbocycles. The normalized spacial score (nSPS) is 20.7. The van der Waals surface area contributed by atoms with Crippen molar-refractivity contribution in [3.63, 3.8) is 0 Å². The number of carbonyl (C=O) groups is 3. The first kappa shape index (κ1) is 19.9. The van der Waals surface area contributed by atoms with Crippen LogP contribution in [0, 0.1) is 0 Å². The molecule has 0 radical (unpaired) electrons. The number of urea groups is 1. The first-order valence-corrected chi connectivity index (χ1v) is 10.7. The number of imide groups is 1. The van der Waals surface area contributed by atoms with Crippen LogP contribution >= 0.6 is 22.9 Å². The van der Waals surface area contributed by atoms with Crippen molar-refractivity contribution in [2.75, 3.05) is 13.6 Å². The van der Waals surface area contributed by atoms with Crippen LogP contribution in [0.1, 0.15) is 34.9 Å². The molecule has 29 heavy (non-hydrogen) atoms. The summed E-state index contributed by atoms with van der Waals surface area (Å²) < 4.78 is 0.653. The van der Waals surface area contributed by atoms with Crippen molar-refractivity contribution in [3.8, 4) is 0 Å². The number of halogens is 1. The van der Waals surface area contributed by atoms with E-state index in [0.717, 1.165) is 34.6 Å². The molecule has 4 rings (SSSR count). The second kappa shape index (κ2) is 7.46. The number of hydrogen-bond acceptors (Lipinski definition) is 4. The molecule has 1 atom stereocenters. The molecule has 1 fully saturated rings. The molecule has 2 heterocycles. The highest BCUT2D eigenvalue weighted by Crippen LogP contribution is 2.32. The van der Waals surface area contributed by atoms with Crippen LogP contribution in [-0.2, 0) is 34.5 Å². The maximum atomic E-state index is 13.1. The third kappa shape index (κ3) is 3.65. The lowest BCUT2D eigenvalue weighted by Crippen LogP contribution is -2.43. The Hall–Kier alpha value is -2.38. The van der Waals surface area contributed by atoms with Crippen LogP contribution in [0.25, 0.3) is 0 Å². The zero-order valence-corrected chi connectivity index (χ0v) is 17.9. The molecule has 1 aliphatic heterocycles. The van der Waals surface area contributed by atoms with Gasteiger partial charge in [-0.25, -0.2) is 4.79 Å². The fourth-order valence-electron chi connectivity index (χ4n) is 3.93. The molecule has 2 aromatic rings. The average Bonchev–Trinajstić information content (AvgIpc) is 3.37. The number of carbonyl (C=O) groups excluding carboxylic acids is 3. The lowest BCUT2D eigenvalue weighted by molar-refractivity contribution is -0.138. The number of rotatable bonds is 5. The molecule has 1 saturated heterocycles. The van der Waals surface area contributed by atoms with Gasteiger partial charge in [0.2, 0.25) is 5.91 Å². The summed E-state index contributed by atoms with van der Waals surface area (Å²) in [6.07, 6.45) is 3.15. The summed E-state index contributed by atoms with van der Waals surface area (Å²) in [4.78, 5) is 41.7. The molecular weight excluding hydrogens is 410 g/mol. The smallest absolute Gasteiger partial charge is 0.325 e. The minimum absolute atomic E-state index is 0.291. The molecule has 2 aliphatic rings. The Kier molecular flexibility index (Phi) is 5.12. The van der Waals surface area contributed by atoms with Crippen LogP contribution in [0.15, 0.2) is 30.3 Å². The number of nitrogens with zero attached hydrogens (tertiary/aromatic N) is 2. The summed E-state index contributed by atoms with van der Waals surface area (Å²) in [5, 5.41) is 2.79. The first-order valence-electron chi connectivity index (χ1n) is 9.52. The predicted molar refractivity (Wildman–Crippen MR) is 112 cm³/mol. The topological polar surface area (TPSA) is 69.7 Å². The van der Waals surface area contributed by atoms with Crippen molar-refractivity contribution < 1.29 is 14.4 Å². The Labute approximate surface area is 178 Å². The third-order valence-electron chi connectivity index (χ3n) is 5.69. The van der Waals surface area contributed by atoms with Crippen LogP contribution in [0.3, 0.4) is 0 Å². The van der Waals surface area contributed by atoms with E-state index in [9.17, 15) is 14.4 Å². The number of thiophene rings is 1. The van der Waals surface area contributed by atoms with Gasteiger partial charge in [0.1, 0.15) is 12.1 Å². The highest BCUT2D eigenvalue weighted by molar-refractivity contribution is 7.16. The summed E-state index contributed by atoms with van der Waals surface area (Å²) in [5.41, 5.74) is 2.13. The van der Waals surface area contributed by atoms with E-state index in [4.69, 9.17) is 11.6 Å². The van der Waals surface area contributed by atoms with Crippen LogP contribution < -0.4 is 5.32 Å². The summed E-state index contributed by atoms with van der Waals surface area (Å²) in [7, 11) is 1.65. The maximum absolute atomic E-state index is 13.1. The zero-order valence-electron chi connectivity index (χ0n) is 16.3. The Morgan fingerprint density at radius 2 is 2.00 bits per heavy atom. The third-order valence-corrected chi connectivity index (χ3v) is 6.91. The van der Waals surface area contributed by atoms with Gasteiger partial charge in [0, 0.05) is 11.9 Å². The van der Waals surface area contributed by atoms with E-state index in [2.05, 4.69) is 5.32 Å². The van der Waals surface area contributed by atoms with E-state index in [1.807, 2.05) is 24.3 Å². The molecule has 1 N–H and O–H groups in total. The highest BCUT2D eigenvalue weighted by atomic mass is 35.5. The standard InChI is InChI=1S/C21H22ClN3O3S/c1-21(15-7-6-13-4-3-5-14(13)10-15)19(27)25(20(28)23-21)12-18(26)24(2)11-16-8-9-17(22)29-16/h6-10H,3-5,11-12H2,1-2H3,(H,23,28)/t21-/m0/s1. The summed E-state index contributed by atoms with van der Waals surface area (Å²) in [6.45, 7) is 1.79. The largest absolute Gasteiger partial charge is 0.339 e. The van der Waals surface area contributed by atoms with Crippen LogP contribution in [-0.4, -0.2) is 41.2 Å². The van der Waals surface area contributed by atoms with Crippen LogP contribution in [0.4, 0.5) is 4.79 Å². The number of likely N-dealkylation sites (N-methyl/N-ethyl adjacent to an activating group) is 1. The SMILES string of the molecule is CN(Cc1ccc(Cl)s1)C(=O)CN1C(=O)N[C@@](C)(c2ccc3c(c2)CCC3)C1=O. The zero-order chi connectivity index (χ0) is 20.8. The predicted octanol–water partition coefficient (Wildman–Crippen LogP) is 3.32. The molecule has 1 aliphatic carbocycles. The van der Waals surface area contributed by atoms with Crippen molar-refractivity contribution in [1.29, 1.82) is 0 Å². The average molecular weight is 432 g/mol. The summed E-state index contributed by atoms with van der Waals surface area (Å²) in [5.74, 6) is -0.711. The monoisotopic (exact) mass is 431 g/mol. The second-order valence-electron chi connectivity index (χ2n) is 7.74. The minimum atomic E-state index is -1.16. The fourth-order valence-corrected chi connectivity index (χ4v) is 5.07. The highest BCUT2D eigenvalue weighted by Gasteiger charge is 2.49. The molecule has 0 bridgehead atoms. The van der Waals surface area contributed by atoms with E-state index in [-0.39, 0.29) is 12.5 Å². The molecule has 0 spiro atoms. The van der Waals surface area contributed by atoms with Crippen LogP contribution in [0.5, 0.6) is 0 Å². The van der Waals surface area contributed by atoms with E-state index in [1.165, 1.54) is 27.4 Å². The lowest BCUT2D eigenvalue weighted by Gasteiger charge is -2.24. The summed E-state index contributed by atoms with van der Waals surface area (Å²) >= 11 is 7.33. The van der Waals surface area contributed by atoms with E-state index in [1.54, 1.807) is 20.0 Å². The van der Waals surface area contributed by atoms with Gasteiger partial charge in [0.05, 0.1) is 10.9 Å². The molecule has 1 aromatic heterocycles. The van der Waals surface area contributed by atoms with Crippen molar-refractivity contribution in [3.05, 3.63) is 56.2 Å². The van der Waals surface area contributed by atoms with Crippen molar-refractivity contribution in [2.24, 2.45) is 0 Å². The van der Waals surface area contributed by atoms with Gasteiger partial charge in [-0.3, -0.25) is 14.5 Å². The summed E-state index contributed by atoms with van der Waals surface area (Å²) in [6, 6.07) is 9.04. The number of fused-ring (bicyclic) bond motifs is 1. The molecule has 0 unspecified atom stereocenters. The van der Waals surface area contributed by atoms with E-state index < -0.39 is 17.5 Å². The number of benzene rings is 1. The van der Waals surface area contributed by atoms with Crippen LogP contribution in [0.2, 0.25) is 4.34 Å². The Bertz CT molecular complexity index is 1000. The minimum Gasteiger partial charge on any atom is -0.339 e. The number of aryl methyl sites for hydroxylation is 2. The molecular formula is C21H22ClN3O3S. The van der Waals surface area contributed by atoms with Gasteiger partial charge in [-0.05, 0) is 55.0 Å². The second-order valence-corrected chi connectivity index (χ2v) is 9.54. The Morgan fingerprint density at radius 3 is 2.72 bits per heavy atom. The van der Waals surface area contributed by atoms with Gasteiger partial charge in [0.25, 0.3) is 5.91 Å². The van der Waals surface area contributed by atoms with Gasteiger partial charge in [0.15, 0.2) is 0 Å². The molecule has 8 heteroatoms. The molecule has 0 saturated carbocycles. The van der Waals surface area contributed by atoms with E-state index in [0.29, 0.717) is 10.9 Å². The van der Waals surface area contributed by atoms with Gasteiger partial charge < -0.3 is 10.2 Å². The number of amides is 4. The Balaban J connectivity index is 1.48. The Morgan fingerprint density at radius 1 is 1.24 bits per heavy atom. The first-order chi connectivity index (χ1) is 13.8. The lowest BCUT2D eigenvalue weighted by atomic mass is 9.89. The fraction of sp³-hybridized carbons (Fsp3) is 0.381. The van der Waals surface area contributed by atoms with Crippen molar-refractivity contribution >= 4 is 40.8 Å². The quantitative estimate of drug-likeness (QED) is 0.738. The van der Waals surface area contributed by atoms with Gasteiger partial charge >= 0.3 is 6.03 Å². The molecule has 4 amide bonds. The van der Waals surface area contributed by atoms with Gasteiger partial charge in [-0.15, -0.1) is 11.3 Å². The molecule has 6 nitrogen and oxygen atoms in total. The molecule has 152 valence electrons. The van der Waals surface area contributed by atoms with Crippen molar-refractivity contribution in [2.45, 2.75) is 38.3 Å². The van der Waals surface area contributed by atoms with Crippen molar-refractivity contribution in [1.82, 2.24) is 15.1 Å². The van der Waals surface area contributed by atoms with Gasteiger partial charge in [-0.1, -0.05) is 29.8 Å². The number of hydrogen-bond donors (Lipinski definition) is 1. The van der Waals surface area contributed by atoms with Gasteiger partial charge in [-0.2, -0.15) is 0 Å². The maximum Gasteiger partial charge on any atom is 0.325 e. The number of nitrogens with one attached hydrogen (secondary N) is 1. The van der Waals surface area contributed by atoms with E-state index >= 15 is 0 Å².